The molecule has 2 aromatic rings. The van der Waals surface area contributed by atoms with Crippen LogP contribution >= 0.6 is 11.3 Å². The molecule has 0 aliphatic carbocycles. The van der Waals surface area contributed by atoms with Gasteiger partial charge < -0.3 is 9.88 Å². The summed E-state index contributed by atoms with van der Waals surface area (Å²) in [6, 6.07) is 2.17. The van der Waals surface area contributed by atoms with Crippen LogP contribution in [0.3, 0.4) is 0 Å². The molecule has 0 unspecified atom stereocenters. The predicted molar refractivity (Wildman–Crippen MR) is 62.0 cm³/mol. The maximum atomic E-state index is 4.46. The van der Waals surface area contributed by atoms with Gasteiger partial charge in [0.25, 0.3) is 0 Å². The van der Waals surface area contributed by atoms with E-state index in [2.05, 4.69) is 33.2 Å². The van der Waals surface area contributed by atoms with E-state index in [1.807, 2.05) is 6.20 Å². The molecule has 1 aliphatic rings. The van der Waals surface area contributed by atoms with Crippen molar-refractivity contribution in [3.8, 4) is 10.6 Å². The molecule has 0 amide bonds. The quantitative estimate of drug-likeness (QED) is 0.795. The molecule has 0 fully saturated rings. The van der Waals surface area contributed by atoms with Crippen molar-refractivity contribution in [2.45, 2.75) is 20.0 Å². The Morgan fingerprint density at radius 1 is 1.53 bits per heavy atom. The molecule has 1 aliphatic heterocycles. The van der Waals surface area contributed by atoms with Crippen molar-refractivity contribution in [3.63, 3.8) is 0 Å². The Kier molecular flexibility index (Phi) is 2.11. The summed E-state index contributed by atoms with van der Waals surface area (Å²) in [5.74, 6) is 1.16. The summed E-state index contributed by atoms with van der Waals surface area (Å²) in [6.45, 7) is 5.13. The Morgan fingerprint density at radius 2 is 2.47 bits per heavy atom. The molecule has 3 rings (SSSR count). The van der Waals surface area contributed by atoms with E-state index in [1.54, 1.807) is 11.3 Å². The van der Waals surface area contributed by atoms with Crippen LogP contribution in [-0.2, 0) is 13.1 Å². The zero-order valence-electron chi connectivity index (χ0n) is 8.66. The van der Waals surface area contributed by atoms with Crippen molar-refractivity contribution >= 4 is 11.3 Å². The molecule has 2 aromatic heterocycles. The minimum absolute atomic E-state index is 0.893. The van der Waals surface area contributed by atoms with Gasteiger partial charge in [-0.1, -0.05) is 0 Å². The van der Waals surface area contributed by atoms with E-state index in [9.17, 15) is 0 Å². The molecule has 4 heteroatoms. The normalized spacial score (nSPS) is 15.3. The second kappa shape index (κ2) is 3.47. The summed E-state index contributed by atoms with van der Waals surface area (Å²) in [7, 11) is 0. The number of hydrogen-bond acceptors (Lipinski definition) is 3. The van der Waals surface area contributed by atoms with Crippen molar-refractivity contribution in [1.29, 1.82) is 0 Å². The molecular formula is C11H13N3S. The van der Waals surface area contributed by atoms with Gasteiger partial charge in [-0.25, -0.2) is 4.98 Å². The summed E-state index contributed by atoms with van der Waals surface area (Å²) < 4.78 is 2.33. The summed E-state index contributed by atoms with van der Waals surface area (Å²) in [5.41, 5.74) is 2.63. The highest BCUT2D eigenvalue weighted by Gasteiger charge is 2.16. The Hall–Kier alpha value is -1.13. The van der Waals surface area contributed by atoms with Crippen molar-refractivity contribution in [1.82, 2.24) is 14.9 Å². The van der Waals surface area contributed by atoms with E-state index < -0.39 is 0 Å². The molecule has 0 saturated carbocycles. The molecule has 3 heterocycles. The average molecular weight is 219 g/mol. The Balaban J connectivity index is 2.13. The fraction of sp³-hybridized carbons (Fsp3) is 0.364. The van der Waals surface area contributed by atoms with Crippen molar-refractivity contribution in [3.05, 3.63) is 29.0 Å². The molecule has 0 radical (unpaired) electrons. The van der Waals surface area contributed by atoms with Crippen LogP contribution in [0.1, 0.15) is 11.4 Å². The van der Waals surface area contributed by atoms with Gasteiger partial charge in [0.1, 0.15) is 5.82 Å². The van der Waals surface area contributed by atoms with E-state index in [0.717, 1.165) is 25.5 Å². The first-order chi connectivity index (χ1) is 7.36. The molecule has 1 N–H and O–H groups in total. The summed E-state index contributed by atoms with van der Waals surface area (Å²) in [6.07, 6.45) is 2.00. The lowest BCUT2D eigenvalue weighted by molar-refractivity contribution is 0.508. The minimum Gasteiger partial charge on any atom is -0.325 e. The number of aryl methyl sites for hydroxylation is 1. The minimum atomic E-state index is 0.893. The molecule has 0 atom stereocenters. The van der Waals surface area contributed by atoms with Gasteiger partial charge in [0.2, 0.25) is 0 Å². The van der Waals surface area contributed by atoms with Gasteiger partial charge in [-0.3, -0.25) is 0 Å². The fourth-order valence-electron chi connectivity index (χ4n) is 2.01. The van der Waals surface area contributed by atoms with Gasteiger partial charge in [-0.2, -0.15) is 0 Å². The summed E-state index contributed by atoms with van der Waals surface area (Å²) >= 11 is 1.80. The first-order valence-corrected chi connectivity index (χ1v) is 6.04. The largest absolute Gasteiger partial charge is 0.325 e. The number of nitrogens with one attached hydrogen (secondary N) is 1. The van der Waals surface area contributed by atoms with E-state index in [-0.39, 0.29) is 0 Å². The van der Waals surface area contributed by atoms with Crippen LogP contribution in [0, 0.1) is 6.92 Å². The zero-order chi connectivity index (χ0) is 10.3. The highest BCUT2D eigenvalue weighted by atomic mass is 32.1. The zero-order valence-corrected chi connectivity index (χ0v) is 9.47. The monoisotopic (exact) mass is 219 g/mol. The van der Waals surface area contributed by atoms with Crippen molar-refractivity contribution in [2.24, 2.45) is 0 Å². The lowest BCUT2D eigenvalue weighted by atomic mass is 10.2. The topological polar surface area (TPSA) is 29.9 Å². The molecule has 0 saturated heterocycles. The maximum Gasteiger partial charge on any atom is 0.123 e. The van der Waals surface area contributed by atoms with Gasteiger partial charge in [-0.15, -0.1) is 11.3 Å². The number of thiophene rings is 1. The standard InChI is InChI=1S/C11H13N3S/c1-8-2-5-15-11(8)9-6-13-10-7-12-3-4-14(9)10/h2,5-6,12H,3-4,7H2,1H3. The van der Waals surface area contributed by atoms with Crippen LogP contribution in [-0.4, -0.2) is 16.1 Å². The number of nitrogens with zero attached hydrogens (tertiary/aromatic N) is 2. The van der Waals surface area contributed by atoms with Crippen LogP contribution < -0.4 is 5.32 Å². The number of hydrogen-bond donors (Lipinski definition) is 1. The number of imidazole rings is 1. The van der Waals surface area contributed by atoms with Gasteiger partial charge >= 0.3 is 0 Å². The van der Waals surface area contributed by atoms with Gasteiger partial charge in [0.05, 0.1) is 23.3 Å². The van der Waals surface area contributed by atoms with Crippen LogP contribution in [0.25, 0.3) is 10.6 Å². The number of aromatic nitrogens is 2. The van der Waals surface area contributed by atoms with E-state index in [4.69, 9.17) is 0 Å². The first kappa shape index (κ1) is 9.12. The lowest BCUT2D eigenvalue weighted by Gasteiger charge is -2.17. The van der Waals surface area contributed by atoms with Crippen LogP contribution in [0.5, 0.6) is 0 Å². The smallest absolute Gasteiger partial charge is 0.123 e. The Bertz CT molecular complexity index is 484. The number of rotatable bonds is 1. The molecule has 0 spiro atoms. The van der Waals surface area contributed by atoms with Crippen molar-refractivity contribution < 1.29 is 0 Å². The van der Waals surface area contributed by atoms with Gasteiger partial charge in [-0.05, 0) is 23.9 Å². The summed E-state index contributed by atoms with van der Waals surface area (Å²) in [4.78, 5) is 5.82. The highest BCUT2D eigenvalue weighted by molar-refractivity contribution is 7.13. The van der Waals surface area contributed by atoms with E-state index in [0.29, 0.717) is 0 Å². The average Bonchev–Trinajstić information content (AvgIpc) is 2.83. The Labute approximate surface area is 92.8 Å². The molecule has 78 valence electrons. The van der Waals surface area contributed by atoms with Gasteiger partial charge in [0.15, 0.2) is 0 Å². The molecular weight excluding hydrogens is 206 g/mol. The van der Waals surface area contributed by atoms with E-state index >= 15 is 0 Å². The van der Waals surface area contributed by atoms with E-state index in [1.165, 1.54) is 16.1 Å². The second-order valence-electron chi connectivity index (χ2n) is 3.82. The van der Waals surface area contributed by atoms with Gasteiger partial charge in [0, 0.05) is 13.1 Å². The number of fused-ring (bicyclic) bond motifs is 1. The third-order valence-electron chi connectivity index (χ3n) is 2.83. The highest BCUT2D eigenvalue weighted by Crippen LogP contribution is 2.30. The fourth-order valence-corrected chi connectivity index (χ4v) is 2.96. The summed E-state index contributed by atoms with van der Waals surface area (Å²) in [5, 5.41) is 5.48. The second-order valence-corrected chi connectivity index (χ2v) is 4.74. The lowest BCUT2D eigenvalue weighted by Crippen LogP contribution is -2.28. The van der Waals surface area contributed by atoms with Crippen LogP contribution in [0.15, 0.2) is 17.6 Å². The molecule has 0 aromatic carbocycles. The third kappa shape index (κ3) is 1.41. The Morgan fingerprint density at radius 3 is 3.27 bits per heavy atom. The predicted octanol–water partition coefficient (Wildman–Crippen LogP) is 2.02. The van der Waals surface area contributed by atoms with Crippen molar-refractivity contribution in [2.75, 3.05) is 6.54 Å². The SMILES string of the molecule is Cc1ccsc1-c1cnc2n1CCNC2. The maximum absolute atomic E-state index is 4.46. The third-order valence-corrected chi connectivity index (χ3v) is 3.87. The molecule has 0 bridgehead atoms. The molecule has 15 heavy (non-hydrogen) atoms. The van der Waals surface area contributed by atoms with Crippen LogP contribution in [0.4, 0.5) is 0 Å². The van der Waals surface area contributed by atoms with Crippen LogP contribution in [0.2, 0.25) is 0 Å². The molecule has 3 nitrogen and oxygen atoms in total. The first-order valence-electron chi connectivity index (χ1n) is 5.16.